The molecule has 0 bridgehead atoms. The fourth-order valence-electron chi connectivity index (χ4n) is 1.35. The van der Waals surface area contributed by atoms with Gasteiger partial charge in [0, 0.05) is 19.7 Å². The molecule has 17 heavy (non-hydrogen) atoms. The normalized spacial score (nSPS) is 11.9. The number of halogens is 1. The molecule has 5 heteroatoms. The van der Waals surface area contributed by atoms with Gasteiger partial charge in [0.25, 0.3) is 0 Å². The van der Waals surface area contributed by atoms with E-state index in [1.165, 1.54) is 12.1 Å². The molecule has 2 N–H and O–H groups in total. The van der Waals surface area contributed by atoms with Crippen LogP contribution in [-0.4, -0.2) is 24.9 Å². The number of hydrogen-bond acceptors (Lipinski definition) is 2. The molecule has 0 aliphatic heterocycles. The van der Waals surface area contributed by atoms with Crippen LogP contribution in [0, 0.1) is 5.82 Å². The molecule has 1 aromatic rings. The van der Waals surface area contributed by atoms with Crippen LogP contribution >= 0.6 is 12.2 Å². The van der Waals surface area contributed by atoms with Gasteiger partial charge < -0.3 is 15.4 Å². The highest BCUT2D eigenvalue weighted by Gasteiger charge is 2.02. The summed E-state index contributed by atoms with van der Waals surface area (Å²) in [6.45, 7) is 3.15. The molecule has 1 rings (SSSR count). The van der Waals surface area contributed by atoms with E-state index in [4.69, 9.17) is 17.0 Å². The third-order valence-corrected chi connectivity index (χ3v) is 2.42. The molecule has 3 nitrogen and oxygen atoms in total. The zero-order valence-electron chi connectivity index (χ0n) is 10.00. The van der Waals surface area contributed by atoms with Crippen molar-refractivity contribution in [2.45, 2.75) is 19.5 Å². The molecular formula is C12H17FN2OS. The van der Waals surface area contributed by atoms with E-state index in [1.54, 1.807) is 19.2 Å². The smallest absolute Gasteiger partial charge is 0.166 e. The van der Waals surface area contributed by atoms with Crippen LogP contribution in [0.1, 0.15) is 12.5 Å². The van der Waals surface area contributed by atoms with E-state index in [9.17, 15) is 4.39 Å². The number of hydrogen-bond donors (Lipinski definition) is 2. The maximum atomic E-state index is 12.7. The van der Waals surface area contributed by atoms with Gasteiger partial charge in [-0.15, -0.1) is 0 Å². The lowest BCUT2D eigenvalue weighted by Crippen LogP contribution is -2.42. The van der Waals surface area contributed by atoms with Gasteiger partial charge in [-0.3, -0.25) is 0 Å². The minimum Gasteiger partial charge on any atom is -0.383 e. The second kappa shape index (κ2) is 7.19. The molecule has 1 atom stereocenters. The predicted octanol–water partition coefficient (Wildman–Crippen LogP) is 1.82. The lowest BCUT2D eigenvalue weighted by molar-refractivity contribution is 0.179. The van der Waals surface area contributed by atoms with Crippen molar-refractivity contribution in [2.24, 2.45) is 0 Å². The van der Waals surface area contributed by atoms with Crippen molar-refractivity contribution in [3.63, 3.8) is 0 Å². The summed E-state index contributed by atoms with van der Waals surface area (Å²) in [4.78, 5) is 0. The molecule has 0 fully saturated rings. The van der Waals surface area contributed by atoms with Gasteiger partial charge in [-0.1, -0.05) is 12.1 Å². The molecule has 0 spiro atoms. The summed E-state index contributed by atoms with van der Waals surface area (Å²) in [5.74, 6) is -0.233. The van der Waals surface area contributed by atoms with Gasteiger partial charge in [-0.05, 0) is 36.8 Å². The standard InChI is InChI=1S/C12H17FN2OS/c1-9(8-16-2)15-12(17)14-7-10-3-5-11(13)6-4-10/h3-6,9H,7-8H2,1-2H3,(H2,14,15,17). The first-order valence-corrected chi connectivity index (χ1v) is 5.80. The largest absolute Gasteiger partial charge is 0.383 e. The minimum atomic E-state index is -0.233. The highest BCUT2D eigenvalue weighted by Crippen LogP contribution is 2.01. The van der Waals surface area contributed by atoms with Gasteiger partial charge in [0.15, 0.2) is 5.11 Å². The Morgan fingerprint density at radius 2 is 2.06 bits per heavy atom. The number of ether oxygens (including phenoxy) is 1. The van der Waals surface area contributed by atoms with E-state index in [-0.39, 0.29) is 11.9 Å². The first kappa shape index (κ1) is 13.9. The van der Waals surface area contributed by atoms with Gasteiger partial charge in [0.2, 0.25) is 0 Å². The highest BCUT2D eigenvalue weighted by atomic mass is 32.1. The first-order chi connectivity index (χ1) is 8.11. The van der Waals surface area contributed by atoms with Crippen molar-refractivity contribution in [2.75, 3.05) is 13.7 Å². The quantitative estimate of drug-likeness (QED) is 0.787. The van der Waals surface area contributed by atoms with Crippen molar-refractivity contribution in [1.29, 1.82) is 0 Å². The lowest BCUT2D eigenvalue weighted by atomic mass is 10.2. The Morgan fingerprint density at radius 1 is 1.41 bits per heavy atom. The molecule has 0 heterocycles. The summed E-state index contributed by atoms with van der Waals surface area (Å²) in [6.07, 6.45) is 0. The van der Waals surface area contributed by atoms with E-state index < -0.39 is 0 Å². The van der Waals surface area contributed by atoms with Gasteiger partial charge in [-0.2, -0.15) is 0 Å². The SMILES string of the molecule is COCC(C)NC(=S)NCc1ccc(F)cc1. The monoisotopic (exact) mass is 256 g/mol. The van der Waals surface area contributed by atoms with E-state index in [2.05, 4.69) is 10.6 Å². The summed E-state index contributed by atoms with van der Waals surface area (Å²) in [7, 11) is 1.65. The van der Waals surface area contributed by atoms with E-state index in [0.717, 1.165) is 5.56 Å². The van der Waals surface area contributed by atoms with Gasteiger partial charge in [-0.25, -0.2) is 4.39 Å². The van der Waals surface area contributed by atoms with E-state index in [1.807, 2.05) is 6.92 Å². The Kier molecular flexibility index (Phi) is 5.86. The van der Waals surface area contributed by atoms with Crippen LogP contribution in [-0.2, 0) is 11.3 Å². The van der Waals surface area contributed by atoms with Crippen LogP contribution in [0.25, 0.3) is 0 Å². The highest BCUT2D eigenvalue weighted by molar-refractivity contribution is 7.80. The molecule has 1 unspecified atom stereocenters. The average Bonchev–Trinajstić information content (AvgIpc) is 2.28. The molecule has 0 aliphatic carbocycles. The molecular weight excluding hydrogens is 239 g/mol. The second-order valence-corrected chi connectivity index (χ2v) is 4.22. The Bertz CT molecular complexity index is 356. The maximum absolute atomic E-state index is 12.7. The zero-order chi connectivity index (χ0) is 12.7. The number of rotatable bonds is 5. The van der Waals surface area contributed by atoms with E-state index >= 15 is 0 Å². The predicted molar refractivity (Wildman–Crippen MR) is 70.3 cm³/mol. The molecule has 0 saturated carbocycles. The molecule has 0 aromatic heterocycles. The van der Waals surface area contributed by atoms with Gasteiger partial charge in [0.1, 0.15) is 5.82 Å². The Labute approximate surface area is 106 Å². The van der Waals surface area contributed by atoms with Crippen LogP contribution in [0.3, 0.4) is 0 Å². The number of benzene rings is 1. The summed E-state index contributed by atoms with van der Waals surface area (Å²) >= 11 is 5.12. The minimum absolute atomic E-state index is 0.160. The molecule has 0 amide bonds. The number of methoxy groups -OCH3 is 1. The maximum Gasteiger partial charge on any atom is 0.166 e. The molecule has 0 radical (unpaired) electrons. The van der Waals surface area contributed by atoms with E-state index in [0.29, 0.717) is 18.3 Å². The number of thiocarbonyl (C=S) groups is 1. The van der Waals surface area contributed by atoms with Crippen LogP contribution < -0.4 is 10.6 Å². The third-order valence-electron chi connectivity index (χ3n) is 2.16. The first-order valence-electron chi connectivity index (χ1n) is 5.39. The van der Waals surface area contributed by atoms with Crippen molar-refractivity contribution in [1.82, 2.24) is 10.6 Å². The summed E-state index contributed by atoms with van der Waals surface area (Å²) in [5, 5.41) is 6.70. The fourth-order valence-corrected chi connectivity index (χ4v) is 1.62. The lowest BCUT2D eigenvalue weighted by Gasteiger charge is -2.16. The molecule has 1 aromatic carbocycles. The van der Waals surface area contributed by atoms with Gasteiger partial charge in [0.05, 0.1) is 6.61 Å². The zero-order valence-corrected chi connectivity index (χ0v) is 10.8. The Balaban J connectivity index is 2.30. The van der Waals surface area contributed by atoms with Crippen molar-refractivity contribution in [3.8, 4) is 0 Å². The van der Waals surface area contributed by atoms with Crippen LogP contribution in [0.2, 0.25) is 0 Å². The van der Waals surface area contributed by atoms with Crippen molar-refractivity contribution >= 4 is 17.3 Å². The summed E-state index contributed by atoms with van der Waals surface area (Å²) in [6, 6.07) is 6.48. The van der Waals surface area contributed by atoms with Crippen molar-refractivity contribution in [3.05, 3.63) is 35.6 Å². The summed E-state index contributed by atoms with van der Waals surface area (Å²) < 4.78 is 17.7. The molecule has 0 saturated heterocycles. The summed E-state index contributed by atoms with van der Waals surface area (Å²) in [5.41, 5.74) is 0.981. The van der Waals surface area contributed by atoms with Crippen LogP contribution in [0.4, 0.5) is 4.39 Å². The Hall–Kier alpha value is -1.20. The van der Waals surface area contributed by atoms with Crippen LogP contribution in [0.15, 0.2) is 24.3 Å². The average molecular weight is 256 g/mol. The van der Waals surface area contributed by atoms with Gasteiger partial charge >= 0.3 is 0 Å². The number of nitrogens with one attached hydrogen (secondary N) is 2. The molecule has 0 aliphatic rings. The van der Waals surface area contributed by atoms with Crippen LogP contribution in [0.5, 0.6) is 0 Å². The van der Waals surface area contributed by atoms with Crippen molar-refractivity contribution < 1.29 is 9.13 Å². The third kappa shape index (κ3) is 5.60. The molecule has 94 valence electrons. The fraction of sp³-hybridized carbons (Fsp3) is 0.417. The topological polar surface area (TPSA) is 33.3 Å². The Morgan fingerprint density at radius 3 is 2.65 bits per heavy atom. The second-order valence-electron chi connectivity index (χ2n) is 3.81.